The number of carbonyl (C=O) groups excluding carboxylic acids is 2. The van der Waals surface area contributed by atoms with E-state index in [1.54, 1.807) is 24.0 Å². The molecule has 0 saturated heterocycles. The van der Waals surface area contributed by atoms with Gasteiger partial charge in [-0.1, -0.05) is 11.8 Å². The van der Waals surface area contributed by atoms with Crippen LogP contribution in [0.25, 0.3) is 0 Å². The highest BCUT2D eigenvalue weighted by Crippen LogP contribution is 2.15. The third-order valence-electron chi connectivity index (χ3n) is 2.94. The van der Waals surface area contributed by atoms with Crippen LogP contribution >= 0.6 is 11.3 Å². The van der Waals surface area contributed by atoms with Gasteiger partial charge in [0, 0.05) is 13.1 Å². The van der Waals surface area contributed by atoms with Crippen LogP contribution in [-0.2, 0) is 4.79 Å². The zero-order valence-electron chi connectivity index (χ0n) is 12.6. The highest BCUT2D eigenvalue weighted by atomic mass is 32.1. The molecule has 114 valence electrons. The minimum absolute atomic E-state index is 0.0759. The van der Waals surface area contributed by atoms with E-state index in [0.29, 0.717) is 18.0 Å². The second-order valence-electron chi connectivity index (χ2n) is 4.38. The molecule has 1 rings (SSSR count). The number of amides is 2. The van der Waals surface area contributed by atoms with Crippen molar-refractivity contribution >= 4 is 23.2 Å². The van der Waals surface area contributed by atoms with Gasteiger partial charge in [0.05, 0.1) is 16.3 Å². The summed E-state index contributed by atoms with van der Waals surface area (Å²) in [6, 6.07) is 2.94. The molecule has 0 saturated carbocycles. The quantitative estimate of drug-likeness (QED) is 0.798. The maximum Gasteiger partial charge on any atom is 0.262 e. The van der Waals surface area contributed by atoms with E-state index in [0.717, 1.165) is 4.88 Å². The van der Waals surface area contributed by atoms with Crippen molar-refractivity contribution < 1.29 is 9.59 Å². The van der Waals surface area contributed by atoms with Gasteiger partial charge in [0.15, 0.2) is 0 Å². The minimum atomic E-state index is -0.543. The lowest BCUT2D eigenvalue weighted by molar-refractivity contribution is -0.132. The molecular weight excluding hydrogens is 286 g/mol. The molecule has 0 aliphatic rings. The third kappa shape index (κ3) is 4.88. The normalized spacial score (nSPS) is 11.2. The van der Waals surface area contributed by atoms with Gasteiger partial charge in [0.25, 0.3) is 5.91 Å². The van der Waals surface area contributed by atoms with Crippen LogP contribution in [0.1, 0.15) is 35.3 Å². The molecule has 0 bridgehead atoms. The smallest absolute Gasteiger partial charge is 0.262 e. The SMILES string of the molecule is CCN(CC)C(=O)C(C)NC(=O)c1ccc(C#CCN)s1. The lowest BCUT2D eigenvalue weighted by Crippen LogP contribution is -2.46. The third-order valence-corrected chi connectivity index (χ3v) is 3.94. The average molecular weight is 307 g/mol. The maximum atomic E-state index is 12.1. The van der Waals surface area contributed by atoms with Crippen LogP contribution in [-0.4, -0.2) is 42.4 Å². The van der Waals surface area contributed by atoms with Crippen molar-refractivity contribution in [3.8, 4) is 11.8 Å². The molecule has 1 unspecified atom stereocenters. The Morgan fingerprint density at radius 3 is 2.62 bits per heavy atom. The number of thiophene rings is 1. The molecule has 0 aliphatic heterocycles. The molecule has 3 N–H and O–H groups in total. The number of nitrogens with zero attached hydrogens (tertiary/aromatic N) is 1. The Labute approximate surface area is 129 Å². The van der Waals surface area contributed by atoms with E-state index in [1.165, 1.54) is 11.3 Å². The van der Waals surface area contributed by atoms with Gasteiger partial charge in [-0.15, -0.1) is 11.3 Å². The van der Waals surface area contributed by atoms with Crippen LogP contribution in [0, 0.1) is 11.8 Å². The summed E-state index contributed by atoms with van der Waals surface area (Å²) < 4.78 is 0. The molecular formula is C15H21N3O2S. The van der Waals surface area contributed by atoms with Crippen molar-refractivity contribution in [2.24, 2.45) is 5.73 Å². The second-order valence-corrected chi connectivity index (χ2v) is 5.46. The first-order chi connectivity index (χ1) is 10.0. The van der Waals surface area contributed by atoms with Crippen LogP contribution in [0.4, 0.5) is 0 Å². The van der Waals surface area contributed by atoms with E-state index >= 15 is 0 Å². The van der Waals surface area contributed by atoms with E-state index in [-0.39, 0.29) is 18.4 Å². The molecule has 0 fully saturated rings. The van der Waals surface area contributed by atoms with Crippen molar-refractivity contribution in [1.82, 2.24) is 10.2 Å². The Balaban J connectivity index is 2.68. The van der Waals surface area contributed by atoms with Gasteiger partial charge in [-0.2, -0.15) is 0 Å². The van der Waals surface area contributed by atoms with Gasteiger partial charge in [0.2, 0.25) is 5.91 Å². The first-order valence-corrected chi connectivity index (χ1v) is 7.73. The minimum Gasteiger partial charge on any atom is -0.341 e. The Kier molecular flexibility index (Phi) is 6.92. The largest absolute Gasteiger partial charge is 0.341 e. The topological polar surface area (TPSA) is 75.4 Å². The van der Waals surface area contributed by atoms with Crippen LogP contribution in [0.5, 0.6) is 0 Å². The number of nitrogens with two attached hydrogens (primary N) is 1. The van der Waals surface area contributed by atoms with E-state index < -0.39 is 6.04 Å². The van der Waals surface area contributed by atoms with Crippen molar-refractivity contribution in [3.05, 3.63) is 21.9 Å². The zero-order chi connectivity index (χ0) is 15.8. The summed E-state index contributed by atoms with van der Waals surface area (Å²) in [5.41, 5.74) is 5.31. The van der Waals surface area contributed by atoms with Crippen molar-refractivity contribution in [3.63, 3.8) is 0 Å². The summed E-state index contributed by atoms with van der Waals surface area (Å²) in [4.78, 5) is 27.2. The maximum absolute atomic E-state index is 12.1. The van der Waals surface area contributed by atoms with Gasteiger partial charge >= 0.3 is 0 Å². The van der Waals surface area contributed by atoms with E-state index in [1.807, 2.05) is 13.8 Å². The molecule has 1 atom stereocenters. The zero-order valence-corrected chi connectivity index (χ0v) is 13.4. The van der Waals surface area contributed by atoms with Crippen molar-refractivity contribution in [1.29, 1.82) is 0 Å². The van der Waals surface area contributed by atoms with Gasteiger partial charge < -0.3 is 16.0 Å². The van der Waals surface area contributed by atoms with Gasteiger partial charge in [-0.05, 0) is 32.9 Å². The summed E-state index contributed by atoms with van der Waals surface area (Å²) in [7, 11) is 0. The van der Waals surface area contributed by atoms with Crippen LogP contribution < -0.4 is 11.1 Å². The molecule has 2 amide bonds. The standard InChI is InChI=1S/C15H21N3O2S/c1-4-18(5-2)15(20)11(3)17-14(19)13-9-8-12(21-13)7-6-10-16/h8-9,11H,4-5,10,16H2,1-3H3,(H,17,19). The number of rotatable bonds is 5. The number of nitrogens with one attached hydrogen (secondary N) is 1. The summed E-state index contributed by atoms with van der Waals surface area (Å²) in [5.74, 6) is 5.29. The Hall–Kier alpha value is -1.84. The molecule has 6 heteroatoms. The summed E-state index contributed by atoms with van der Waals surface area (Å²) in [5, 5.41) is 2.72. The van der Waals surface area contributed by atoms with Crippen LogP contribution in [0.2, 0.25) is 0 Å². The Bertz CT molecular complexity index is 553. The highest BCUT2D eigenvalue weighted by molar-refractivity contribution is 7.14. The fourth-order valence-electron chi connectivity index (χ4n) is 1.80. The van der Waals surface area contributed by atoms with Crippen molar-refractivity contribution in [2.75, 3.05) is 19.6 Å². The fraction of sp³-hybridized carbons (Fsp3) is 0.467. The fourth-order valence-corrected chi connectivity index (χ4v) is 2.59. The van der Waals surface area contributed by atoms with E-state index in [4.69, 9.17) is 5.73 Å². The number of hydrogen-bond acceptors (Lipinski definition) is 4. The van der Waals surface area contributed by atoms with Gasteiger partial charge in [0.1, 0.15) is 6.04 Å². The lowest BCUT2D eigenvalue weighted by Gasteiger charge is -2.23. The molecule has 1 aromatic heterocycles. The first-order valence-electron chi connectivity index (χ1n) is 6.91. The number of hydrogen-bond donors (Lipinski definition) is 2. The predicted molar refractivity (Wildman–Crippen MR) is 85.1 cm³/mol. The summed E-state index contributed by atoms with van der Waals surface area (Å²) in [6.07, 6.45) is 0. The summed E-state index contributed by atoms with van der Waals surface area (Å²) in [6.45, 7) is 7.08. The predicted octanol–water partition coefficient (Wildman–Crippen LogP) is 1.04. The van der Waals surface area contributed by atoms with Crippen LogP contribution in [0.15, 0.2) is 12.1 Å². The van der Waals surface area contributed by atoms with E-state index in [2.05, 4.69) is 17.2 Å². The molecule has 0 radical (unpaired) electrons. The molecule has 1 aromatic rings. The molecule has 0 aliphatic carbocycles. The molecule has 21 heavy (non-hydrogen) atoms. The average Bonchev–Trinajstić information content (AvgIpc) is 2.95. The Morgan fingerprint density at radius 2 is 2.05 bits per heavy atom. The lowest BCUT2D eigenvalue weighted by atomic mass is 10.2. The van der Waals surface area contributed by atoms with Crippen molar-refractivity contribution in [2.45, 2.75) is 26.8 Å². The number of carbonyl (C=O) groups is 2. The monoisotopic (exact) mass is 307 g/mol. The number of likely N-dealkylation sites (N-methyl/N-ethyl adjacent to an activating group) is 1. The van der Waals surface area contributed by atoms with Crippen LogP contribution in [0.3, 0.4) is 0 Å². The van der Waals surface area contributed by atoms with Gasteiger partial charge in [-0.25, -0.2) is 0 Å². The highest BCUT2D eigenvalue weighted by Gasteiger charge is 2.21. The first kappa shape index (κ1) is 17.2. The van der Waals surface area contributed by atoms with E-state index in [9.17, 15) is 9.59 Å². The summed E-state index contributed by atoms with van der Waals surface area (Å²) >= 11 is 1.29. The molecule has 5 nitrogen and oxygen atoms in total. The Morgan fingerprint density at radius 1 is 1.38 bits per heavy atom. The molecule has 1 heterocycles. The van der Waals surface area contributed by atoms with Gasteiger partial charge in [-0.3, -0.25) is 9.59 Å². The molecule has 0 spiro atoms. The second kappa shape index (κ2) is 8.45. The molecule has 0 aromatic carbocycles.